The molecule has 5 nitrogen and oxygen atoms in total. The van der Waals surface area contributed by atoms with Crippen LogP contribution < -0.4 is 15.6 Å². The fraction of sp³-hybridized carbons (Fsp3) is 0.0526. The number of carbonyl (C=O) groups excluding carboxylic acids is 1. The van der Waals surface area contributed by atoms with E-state index in [4.69, 9.17) is 16.3 Å². The molecule has 0 atom stereocenters. The van der Waals surface area contributed by atoms with Gasteiger partial charge in [-0.1, -0.05) is 11.6 Å². The van der Waals surface area contributed by atoms with Gasteiger partial charge in [0.15, 0.2) is 0 Å². The first-order chi connectivity index (χ1) is 12.4. The van der Waals surface area contributed by atoms with Crippen LogP contribution in [0.1, 0.15) is 15.9 Å². The molecule has 7 heteroatoms. The molecule has 0 fully saturated rings. The molecule has 0 unspecified atom stereocenters. The summed E-state index contributed by atoms with van der Waals surface area (Å²) in [4.78, 5) is 26.4. The van der Waals surface area contributed by atoms with Crippen LogP contribution in [0.5, 0.6) is 11.5 Å². The molecule has 0 spiro atoms. The third kappa shape index (κ3) is 4.10. The van der Waals surface area contributed by atoms with E-state index in [1.807, 2.05) is 0 Å². The highest BCUT2D eigenvalue weighted by Crippen LogP contribution is 2.31. The fourth-order valence-corrected chi connectivity index (χ4v) is 2.50. The largest absolute Gasteiger partial charge is 0.456 e. The van der Waals surface area contributed by atoms with Crippen molar-refractivity contribution in [3.05, 3.63) is 87.0 Å². The van der Waals surface area contributed by atoms with E-state index >= 15 is 0 Å². The molecule has 1 heterocycles. The Labute approximate surface area is 153 Å². The summed E-state index contributed by atoms with van der Waals surface area (Å²) < 4.78 is 19.0. The molecular weight excluding hydrogens is 359 g/mol. The van der Waals surface area contributed by atoms with E-state index in [1.54, 1.807) is 19.1 Å². The zero-order chi connectivity index (χ0) is 18.7. The van der Waals surface area contributed by atoms with Crippen molar-refractivity contribution < 1.29 is 13.9 Å². The van der Waals surface area contributed by atoms with Gasteiger partial charge in [0.05, 0.1) is 5.56 Å². The van der Waals surface area contributed by atoms with Crippen molar-refractivity contribution in [2.45, 2.75) is 6.92 Å². The minimum Gasteiger partial charge on any atom is -0.456 e. The lowest BCUT2D eigenvalue weighted by molar-refractivity contribution is 0.102. The first-order valence-corrected chi connectivity index (χ1v) is 8.04. The van der Waals surface area contributed by atoms with Crippen LogP contribution in [0, 0.1) is 12.7 Å². The maximum Gasteiger partial charge on any atom is 0.259 e. The Morgan fingerprint density at radius 2 is 1.92 bits per heavy atom. The average Bonchev–Trinajstić information content (AvgIpc) is 2.57. The molecule has 0 radical (unpaired) electrons. The van der Waals surface area contributed by atoms with Gasteiger partial charge in [0.25, 0.3) is 5.91 Å². The van der Waals surface area contributed by atoms with E-state index in [9.17, 15) is 14.0 Å². The number of hydrogen-bond donors (Lipinski definition) is 2. The Hall–Kier alpha value is -3.12. The smallest absolute Gasteiger partial charge is 0.259 e. The van der Waals surface area contributed by atoms with Crippen molar-refractivity contribution in [2.75, 3.05) is 5.32 Å². The number of halogens is 2. The molecule has 0 bridgehead atoms. The molecule has 0 aliphatic rings. The zero-order valence-corrected chi connectivity index (χ0v) is 14.4. The van der Waals surface area contributed by atoms with Gasteiger partial charge in [0.1, 0.15) is 17.3 Å². The number of nitrogens with one attached hydrogen (secondary N) is 2. The molecule has 0 aliphatic carbocycles. The Morgan fingerprint density at radius 1 is 1.12 bits per heavy atom. The SMILES string of the molecule is Cc1cc(F)ccc1Oc1cc(Cl)ccc1C(=O)Nc1cc[nH]c(=O)c1. The van der Waals surface area contributed by atoms with Crippen LogP contribution in [0.15, 0.2) is 59.5 Å². The third-order valence-electron chi connectivity index (χ3n) is 3.58. The normalized spacial score (nSPS) is 10.4. The topological polar surface area (TPSA) is 71.2 Å². The number of ether oxygens (including phenoxy) is 1. The van der Waals surface area contributed by atoms with Crippen LogP contribution in [0.3, 0.4) is 0 Å². The predicted octanol–water partition coefficient (Wildman–Crippen LogP) is 4.52. The number of aromatic amines is 1. The lowest BCUT2D eigenvalue weighted by Gasteiger charge is -2.13. The number of aryl methyl sites for hydroxylation is 1. The molecule has 0 saturated carbocycles. The fourth-order valence-electron chi connectivity index (χ4n) is 2.33. The van der Waals surface area contributed by atoms with Crippen LogP contribution in [0.25, 0.3) is 0 Å². The molecule has 2 aromatic carbocycles. The van der Waals surface area contributed by atoms with Gasteiger partial charge in [-0.3, -0.25) is 9.59 Å². The number of benzene rings is 2. The van der Waals surface area contributed by atoms with E-state index in [0.717, 1.165) is 0 Å². The standard InChI is InChI=1S/C19H14ClFN2O3/c1-11-8-13(21)3-5-16(11)26-17-9-12(20)2-4-15(17)19(25)23-14-6-7-22-18(24)10-14/h2-10H,1H3,(H2,22,23,24,25). The highest BCUT2D eigenvalue weighted by molar-refractivity contribution is 6.31. The van der Waals surface area contributed by atoms with Crippen molar-refractivity contribution in [2.24, 2.45) is 0 Å². The van der Waals surface area contributed by atoms with Gasteiger partial charge in [-0.25, -0.2) is 4.39 Å². The Balaban J connectivity index is 1.92. The van der Waals surface area contributed by atoms with E-state index in [0.29, 0.717) is 22.0 Å². The maximum atomic E-state index is 13.3. The molecule has 1 amide bonds. The Kier molecular flexibility index (Phi) is 5.04. The first kappa shape index (κ1) is 17.7. The monoisotopic (exact) mass is 372 g/mol. The third-order valence-corrected chi connectivity index (χ3v) is 3.81. The van der Waals surface area contributed by atoms with Crippen LogP contribution in [0.4, 0.5) is 10.1 Å². The molecule has 1 aromatic heterocycles. The van der Waals surface area contributed by atoms with Gasteiger partial charge in [0.2, 0.25) is 5.56 Å². The van der Waals surface area contributed by atoms with E-state index in [1.165, 1.54) is 42.6 Å². The highest BCUT2D eigenvalue weighted by atomic mass is 35.5. The molecule has 2 N–H and O–H groups in total. The van der Waals surface area contributed by atoms with Crippen LogP contribution in [-0.4, -0.2) is 10.9 Å². The van der Waals surface area contributed by atoms with Crippen molar-refractivity contribution in [3.63, 3.8) is 0 Å². The number of amides is 1. The van der Waals surface area contributed by atoms with Crippen LogP contribution in [-0.2, 0) is 0 Å². The van der Waals surface area contributed by atoms with Crippen molar-refractivity contribution in [3.8, 4) is 11.5 Å². The van der Waals surface area contributed by atoms with E-state index in [-0.39, 0.29) is 22.7 Å². The lowest BCUT2D eigenvalue weighted by Crippen LogP contribution is -2.15. The van der Waals surface area contributed by atoms with Gasteiger partial charge in [0, 0.05) is 29.0 Å². The number of carbonyl (C=O) groups is 1. The van der Waals surface area contributed by atoms with Crippen molar-refractivity contribution >= 4 is 23.2 Å². The molecular formula is C19H14ClFN2O3. The lowest BCUT2D eigenvalue weighted by atomic mass is 10.1. The number of aromatic nitrogens is 1. The van der Waals surface area contributed by atoms with Gasteiger partial charge >= 0.3 is 0 Å². The highest BCUT2D eigenvalue weighted by Gasteiger charge is 2.15. The average molecular weight is 373 g/mol. The number of H-pyrrole nitrogens is 1. The molecule has 26 heavy (non-hydrogen) atoms. The summed E-state index contributed by atoms with van der Waals surface area (Å²) in [6.45, 7) is 1.69. The van der Waals surface area contributed by atoms with Crippen molar-refractivity contribution in [1.29, 1.82) is 0 Å². The summed E-state index contributed by atoms with van der Waals surface area (Å²) in [6, 6.07) is 11.5. The quantitative estimate of drug-likeness (QED) is 0.707. The number of rotatable bonds is 4. The Morgan fingerprint density at radius 3 is 2.65 bits per heavy atom. The molecule has 132 valence electrons. The molecule has 3 aromatic rings. The maximum absolute atomic E-state index is 13.3. The van der Waals surface area contributed by atoms with Gasteiger partial charge in [-0.2, -0.15) is 0 Å². The minimum absolute atomic E-state index is 0.217. The summed E-state index contributed by atoms with van der Waals surface area (Å²) in [7, 11) is 0. The molecule has 3 rings (SSSR count). The number of anilines is 1. The Bertz CT molecular complexity index is 1030. The zero-order valence-electron chi connectivity index (χ0n) is 13.7. The number of pyridine rings is 1. The van der Waals surface area contributed by atoms with Crippen molar-refractivity contribution in [1.82, 2.24) is 4.98 Å². The second-order valence-electron chi connectivity index (χ2n) is 5.55. The summed E-state index contributed by atoms with van der Waals surface area (Å²) in [5, 5.41) is 3.01. The predicted molar refractivity (Wildman–Crippen MR) is 97.7 cm³/mol. The first-order valence-electron chi connectivity index (χ1n) is 7.66. The summed E-state index contributed by atoms with van der Waals surface area (Å²) in [5.74, 6) is -0.233. The second-order valence-corrected chi connectivity index (χ2v) is 5.98. The van der Waals surface area contributed by atoms with Gasteiger partial charge in [-0.05, 0) is 48.9 Å². The summed E-state index contributed by atoms with van der Waals surface area (Å²) >= 11 is 6.02. The second kappa shape index (κ2) is 7.41. The summed E-state index contributed by atoms with van der Waals surface area (Å²) in [5.41, 5.74) is 0.805. The van der Waals surface area contributed by atoms with Gasteiger partial charge < -0.3 is 15.0 Å². The minimum atomic E-state index is -0.470. The van der Waals surface area contributed by atoms with E-state index < -0.39 is 5.91 Å². The molecule has 0 aliphatic heterocycles. The molecule has 0 saturated heterocycles. The van der Waals surface area contributed by atoms with Gasteiger partial charge in [-0.15, -0.1) is 0 Å². The van der Waals surface area contributed by atoms with Crippen LogP contribution in [0.2, 0.25) is 5.02 Å². The van der Waals surface area contributed by atoms with Crippen LogP contribution >= 0.6 is 11.6 Å². The summed E-state index contributed by atoms with van der Waals surface area (Å²) in [6.07, 6.45) is 1.43. The number of hydrogen-bond acceptors (Lipinski definition) is 3. The van der Waals surface area contributed by atoms with E-state index in [2.05, 4.69) is 10.3 Å².